The molecule has 0 unspecified atom stereocenters. The van der Waals surface area contributed by atoms with Gasteiger partial charge in [0.15, 0.2) is 0 Å². The number of aliphatic hydroxyl groups excluding tert-OH is 1. The molecule has 24 heavy (non-hydrogen) atoms. The van der Waals surface area contributed by atoms with Gasteiger partial charge in [0, 0.05) is 13.1 Å². The maximum Gasteiger partial charge on any atom is 0.139 e. The molecule has 1 saturated heterocycles. The zero-order valence-corrected chi connectivity index (χ0v) is 13.6. The molecule has 3 aromatic rings. The quantitative estimate of drug-likeness (QED) is 0.782. The van der Waals surface area contributed by atoms with Crippen molar-refractivity contribution in [3.8, 4) is 0 Å². The van der Waals surface area contributed by atoms with E-state index in [2.05, 4.69) is 33.4 Å². The minimum absolute atomic E-state index is 0.111. The summed E-state index contributed by atoms with van der Waals surface area (Å²) in [4.78, 5) is 2.48. The predicted molar refractivity (Wildman–Crippen MR) is 91.3 cm³/mol. The minimum Gasteiger partial charge on any atom is -0.392 e. The summed E-state index contributed by atoms with van der Waals surface area (Å²) in [6.45, 7) is 3.22. The molecule has 1 aromatic heterocycles. The van der Waals surface area contributed by atoms with E-state index in [1.807, 2.05) is 24.3 Å². The van der Waals surface area contributed by atoms with Crippen molar-refractivity contribution in [3.63, 3.8) is 0 Å². The largest absolute Gasteiger partial charge is 0.392 e. The lowest BCUT2D eigenvalue weighted by atomic mass is 9.98. The monoisotopic (exact) mass is 323 g/mol. The Labute approximate surface area is 140 Å². The summed E-state index contributed by atoms with van der Waals surface area (Å²) < 4.78 is 4.85. The van der Waals surface area contributed by atoms with Gasteiger partial charge in [-0.1, -0.05) is 36.4 Å². The molecular formula is C19H21N3O2. The Morgan fingerprint density at radius 1 is 1.08 bits per heavy atom. The van der Waals surface area contributed by atoms with Gasteiger partial charge >= 0.3 is 0 Å². The summed E-state index contributed by atoms with van der Waals surface area (Å²) >= 11 is 0. The van der Waals surface area contributed by atoms with E-state index in [1.54, 1.807) is 0 Å². The van der Waals surface area contributed by atoms with Crippen molar-refractivity contribution in [2.75, 3.05) is 13.1 Å². The summed E-state index contributed by atoms with van der Waals surface area (Å²) in [5.41, 5.74) is 5.21. The van der Waals surface area contributed by atoms with Crippen LogP contribution in [-0.4, -0.2) is 33.4 Å². The number of aromatic nitrogens is 2. The van der Waals surface area contributed by atoms with E-state index < -0.39 is 0 Å². The molecule has 0 aliphatic carbocycles. The average Bonchev–Trinajstić information content (AvgIpc) is 3.25. The molecule has 2 heterocycles. The molecule has 1 fully saturated rings. The fraction of sp³-hybridized carbons (Fsp3) is 0.368. The van der Waals surface area contributed by atoms with Crippen LogP contribution in [0.5, 0.6) is 0 Å². The van der Waals surface area contributed by atoms with Gasteiger partial charge in [-0.15, -0.1) is 0 Å². The van der Waals surface area contributed by atoms with Crippen LogP contribution in [0.1, 0.15) is 23.1 Å². The SMILES string of the molecule is OCc1ccc(C[C@@H]2CCN(Cc3cccc4nonc34)C2)cc1. The highest BCUT2D eigenvalue weighted by Gasteiger charge is 2.23. The van der Waals surface area contributed by atoms with Crippen LogP contribution in [0.4, 0.5) is 0 Å². The van der Waals surface area contributed by atoms with Crippen LogP contribution in [0, 0.1) is 5.92 Å². The second kappa shape index (κ2) is 6.71. The van der Waals surface area contributed by atoms with Gasteiger partial charge in [0.2, 0.25) is 0 Å². The molecule has 4 rings (SSSR count). The van der Waals surface area contributed by atoms with Gasteiger partial charge in [-0.25, -0.2) is 4.63 Å². The van der Waals surface area contributed by atoms with Gasteiger partial charge in [-0.05, 0) is 58.4 Å². The molecule has 124 valence electrons. The molecule has 0 bridgehead atoms. The normalized spacial score (nSPS) is 18.5. The summed E-state index contributed by atoms with van der Waals surface area (Å²) in [6.07, 6.45) is 2.31. The number of benzene rings is 2. The highest BCUT2D eigenvalue weighted by molar-refractivity contribution is 5.76. The first-order chi connectivity index (χ1) is 11.8. The molecule has 0 radical (unpaired) electrons. The number of hydrogen-bond donors (Lipinski definition) is 1. The zero-order valence-electron chi connectivity index (χ0n) is 13.6. The Bertz CT molecular complexity index is 813. The molecule has 0 saturated carbocycles. The first-order valence-electron chi connectivity index (χ1n) is 8.43. The highest BCUT2D eigenvalue weighted by atomic mass is 16.6. The summed E-state index contributed by atoms with van der Waals surface area (Å²) in [5, 5.41) is 17.1. The zero-order chi connectivity index (χ0) is 16.4. The number of hydrogen-bond acceptors (Lipinski definition) is 5. The molecular weight excluding hydrogens is 302 g/mol. The Morgan fingerprint density at radius 2 is 1.92 bits per heavy atom. The maximum absolute atomic E-state index is 9.12. The third-order valence-electron chi connectivity index (χ3n) is 4.86. The molecule has 1 N–H and O–H groups in total. The molecule has 0 amide bonds. The molecule has 1 aliphatic heterocycles. The summed E-state index contributed by atoms with van der Waals surface area (Å²) in [6, 6.07) is 14.3. The molecule has 0 spiro atoms. The van der Waals surface area contributed by atoms with Crippen LogP contribution in [-0.2, 0) is 19.6 Å². The first-order valence-corrected chi connectivity index (χ1v) is 8.43. The number of fused-ring (bicyclic) bond motifs is 1. The Balaban J connectivity index is 1.38. The highest BCUT2D eigenvalue weighted by Crippen LogP contribution is 2.24. The second-order valence-electron chi connectivity index (χ2n) is 6.62. The van der Waals surface area contributed by atoms with Crippen LogP contribution in [0.3, 0.4) is 0 Å². The van der Waals surface area contributed by atoms with E-state index >= 15 is 0 Å². The second-order valence-corrected chi connectivity index (χ2v) is 6.62. The number of nitrogens with zero attached hydrogens (tertiary/aromatic N) is 3. The third kappa shape index (κ3) is 3.18. The van der Waals surface area contributed by atoms with Gasteiger partial charge < -0.3 is 5.11 Å². The van der Waals surface area contributed by atoms with Gasteiger partial charge in [-0.3, -0.25) is 4.90 Å². The van der Waals surface area contributed by atoms with Gasteiger partial charge in [-0.2, -0.15) is 0 Å². The Kier molecular flexibility index (Phi) is 4.28. The Morgan fingerprint density at radius 3 is 2.75 bits per heavy atom. The fourth-order valence-electron chi connectivity index (χ4n) is 3.57. The molecule has 1 atom stereocenters. The smallest absolute Gasteiger partial charge is 0.139 e. The van der Waals surface area contributed by atoms with E-state index in [0.717, 1.165) is 42.7 Å². The van der Waals surface area contributed by atoms with Crippen molar-refractivity contribution in [2.24, 2.45) is 5.92 Å². The van der Waals surface area contributed by atoms with E-state index in [4.69, 9.17) is 9.74 Å². The van der Waals surface area contributed by atoms with E-state index in [-0.39, 0.29) is 6.61 Å². The predicted octanol–water partition coefficient (Wildman–Crippen LogP) is 2.78. The van der Waals surface area contributed by atoms with Crippen molar-refractivity contribution < 1.29 is 9.74 Å². The molecule has 5 nitrogen and oxygen atoms in total. The molecule has 2 aromatic carbocycles. The number of likely N-dealkylation sites (tertiary alicyclic amines) is 1. The lowest BCUT2D eigenvalue weighted by Gasteiger charge is -2.16. The van der Waals surface area contributed by atoms with Crippen molar-refractivity contribution in [1.82, 2.24) is 15.2 Å². The van der Waals surface area contributed by atoms with Crippen molar-refractivity contribution in [3.05, 3.63) is 59.2 Å². The van der Waals surface area contributed by atoms with Gasteiger partial charge in [0.1, 0.15) is 11.0 Å². The third-order valence-corrected chi connectivity index (χ3v) is 4.86. The fourth-order valence-corrected chi connectivity index (χ4v) is 3.57. The van der Waals surface area contributed by atoms with Crippen LogP contribution >= 0.6 is 0 Å². The average molecular weight is 323 g/mol. The summed E-state index contributed by atoms with van der Waals surface area (Å²) in [5.74, 6) is 0.680. The molecule has 5 heteroatoms. The maximum atomic E-state index is 9.12. The first kappa shape index (κ1) is 15.3. The lowest BCUT2D eigenvalue weighted by molar-refractivity contribution is 0.282. The van der Waals surface area contributed by atoms with Crippen LogP contribution in [0.25, 0.3) is 11.0 Å². The topological polar surface area (TPSA) is 62.4 Å². The standard InChI is InChI=1S/C19H21N3O2/c23-13-15-6-4-14(5-7-15)10-16-8-9-22(11-16)12-17-2-1-3-18-19(17)21-24-20-18/h1-7,16,23H,8-13H2/t16-/m0/s1. The van der Waals surface area contributed by atoms with Crippen molar-refractivity contribution in [1.29, 1.82) is 0 Å². The van der Waals surface area contributed by atoms with E-state index in [9.17, 15) is 0 Å². The number of rotatable bonds is 5. The van der Waals surface area contributed by atoms with Gasteiger partial charge in [0.05, 0.1) is 6.61 Å². The number of aliphatic hydroxyl groups is 1. The van der Waals surface area contributed by atoms with Gasteiger partial charge in [0.25, 0.3) is 0 Å². The van der Waals surface area contributed by atoms with Crippen LogP contribution in [0.15, 0.2) is 47.1 Å². The van der Waals surface area contributed by atoms with Crippen LogP contribution in [0.2, 0.25) is 0 Å². The Hall–Kier alpha value is -2.24. The van der Waals surface area contributed by atoms with Crippen molar-refractivity contribution >= 4 is 11.0 Å². The van der Waals surface area contributed by atoms with E-state index in [0.29, 0.717) is 5.92 Å². The van der Waals surface area contributed by atoms with E-state index in [1.165, 1.54) is 17.5 Å². The lowest BCUT2D eigenvalue weighted by Crippen LogP contribution is -2.20. The van der Waals surface area contributed by atoms with Crippen molar-refractivity contribution in [2.45, 2.75) is 26.0 Å². The summed E-state index contributed by atoms with van der Waals surface area (Å²) in [7, 11) is 0. The van der Waals surface area contributed by atoms with Crippen LogP contribution < -0.4 is 0 Å². The minimum atomic E-state index is 0.111. The molecule has 1 aliphatic rings.